The lowest BCUT2D eigenvalue weighted by Gasteiger charge is -2.11. The Bertz CT molecular complexity index is 811. The van der Waals surface area contributed by atoms with Crippen molar-refractivity contribution >= 4 is 54.5 Å². The Kier molecular flexibility index (Phi) is 4.38. The number of hydrogen-bond donors (Lipinski definition) is 0. The van der Waals surface area contributed by atoms with E-state index in [2.05, 4.69) is 67.6 Å². The number of alkyl halides is 1. The van der Waals surface area contributed by atoms with Crippen LogP contribution in [0.5, 0.6) is 0 Å². The summed E-state index contributed by atoms with van der Waals surface area (Å²) >= 11 is 13.1. The van der Waals surface area contributed by atoms with Gasteiger partial charge in [0.15, 0.2) is 0 Å². The summed E-state index contributed by atoms with van der Waals surface area (Å²) in [5, 5.41) is 0. The fourth-order valence-corrected chi connectivity index (χ4v) is 3.82. The summed E-state index contributed by atoms with van der Waals surface area (Å²) in [7, 11) is 0. The van der Waals surface area contributed by atoms with E-state index in [9.17, 15) is 0 Å². The van der Waals surface area contributed by atoms with E-state index in [0.29, 0.717) is 5.88 Å². The summed E-state index contributed by atoms with van der Waals surface area (Å²) in [6.07, 6.45) is 0.734. The monoisotopic (exact) mass is 426 g/mol. The molecule has 21 heavy (non-hydrogen) atoms. The maximum Gasteiger partial charge on any atom is 0.115 e. The number of imidazole rings is 1. The number of fused-ring (bicyclic) bond motifs is 1. The average molecular weight is 429 g/mol. The lowest BCUT2D eigenvalue weighted by atomic mass is 10.2. The molecule has 5 heteroatoms. The summed E-state index contributed by atoms with van der Waals surface area (Å²) in [6.45, 7) is 2.08. The van der Waals surface area contributed by atoms with Crippen LogP contribution >= 0.6 is 43.5 Å². The smallest absolute Gasteiger partial charge is 0.115 e. The first-order chi connectivity index (χ1) is 10.1. The van der Waals surface area contributed by atoms with Gasteiger partial charge in [0.05, 0.1) is 16.7 Å². The zero-order valence-electron chi connectivity index (χ0n) is 11.4. The Hall–Kier alpha value is -0.840. The maximum atomic E-state index is 5.95. The average Bonchev–Trinajstić information content (AvgIpc) is 2.76. The third-order valence-corrected chi connectivity index (χ3v) is 4.67. The Balaban J connectivity index is 2.30. The second kappa shape index (κ2) is 6.11. The number of aryl methyl sites for hydroxylation is 2. The molecule has 3 rings (SSSR count). The van der Waals surface area contributed by atoms with Crippen LogP contribution < -0.4 is 0 Å². The van der Waals surface area contributed by atoms with E-state index in [1.807, 2.05) is 12.1 Å². The van der Waals surface area contributed by atoms with Gasteiger partial charge in [-0.2, -0.15) is 0 Å². The van der Waals surface area contributed by atoms with Gasteiger partial charge in [-0.05, 0) is 58.7 Å². The first-order valence-electron chi connectivity index (χ1n) is 6.59. The first kappa shape index (κ1) is 15.1. The van der Waals surface area contributed by atoms with Gasteiger partial charge in [0, 0.05) is 21.2 Å². The molecule has 0 bridgehead atoms. The van der Waals surface area contributed by atoms with Crippen LogP contribution in [0.2, 0.25) is 0 Å². The minimum absolute atomic E-state index is 0.552. The van der Waals surface area contributed by atoms with Crippen LogP contribution in [0.3, 0.4) is 0 Å². The van der Waals surface area contributed by atoms with Crippen molar-refractivity contribution in [2.75, 3.05) is 5.88 Å². The lowest BCUT2D eigenvalue weighted by Crippen LogP contribution is -2.03. The van der Waals surface area contributed by atoms with Crippen molar-refractivity contribution in [1.29, 1.82) is 0 Å². The van der Waals surface area contributed by atoms with E-state index in [0.717, 1.165) is 37.9 Å². The lowest BCUT2D eigenvalue weighted by molar-refractivity contribution is 0.909. The quantitative estimate of drug-likeness (QED) is 0.494. The van der Waals surface area contributed by atoms with E-state index in [1.54, 1.807) is 0 Å². The van der Waals surface area contributed by atoms with Gasteiger partial charge < -0.3 is 0 Å². The molecule has 1 heterocycles. The molecular weight excluding hydrogens is 415 g/mol. The summed E-state index contributed by atoms with van der Waals surface area (Å²) in [5.41, 5.74) is 4.39. The van der Waals surface area contributed by atoms with Gasteiger partial charge in [-0.15, -0.1) is 11.6 Å². The molecule has 0 aliphatic heterocycles. The van der Waals surface area contributed by atoms with Gasteiger partial charge in [0.25, 0.3) is 0 Å². The summed E-state index contributed by atoms with van der Waals surface area (Å²) < 4.78 is 4.23. The second-order valence-electron chi connectivity index (χ2n) is 4.89. The molecule has 0 saturated carbocycles. The molecule has 0 saturated heterocycles. The molecule has 0 spiro atoms. The largest absolute Gasteiger partial charge is 0.295 e. The normalized spacial score (nSPS) is 11.2. The van der Waals surface area contributed by atoms with Gasteiger partial charge in [0.1, 0.15) is 5.82 Å². The Labute approximate surface area is 145 Å². The van der Waals surface area contributed by atoms with Crippen LogP contribution in [0.4, 0.5) is 0 Å². The van der Waals surface area contributed by atoms with Crippen LogP contribution in [0, 0.1) is 6.92 Å². The summed E-state index contributed by atoms with van der Waals surface area (Å²) in [5.74, 6) is 1.53. The number of aromatic nitrogens is 2. The molecule has 0 N–H and O–H groups in total. The Morgan fingerprint density at radius 1 is 1.14 bits per heavy atom. The van der Waals surface area contributed by atoms with E-state index in [1.165, 1.54) is 5.56 Å². The molecule has 0 fully saturated rings. The number of rotatable bonds is 3. The predicted octanol–water partition coefficient (Wildman–Crippen LogP) is 5.64. The number of nitrogens with zero attached hydrogens (tertiary/aromatic N) is 2. The third kappa shape index (κ3) is 2.89. The van der Waals surface area contributed by atoms with E-state index >= 15 is 0 Å². The summed E-state index contributed by atoms with van der Waals surface area (Å²) in [4.78, 5) is 4.75. The van der Waals surface area contributed by atoms with Crippen LogP contribution in [0.25, 0.3) is 16.7 Å². The Morgan fingerprint density at radius 3 is 2.67 bits per heavy atom. The zero-order valence-corrected chi connectivity index (χ0v) is 15.3. The number of hydrogen-bond acceptors (Lipinski definition) is 1. The fourth-order valence-electron chi connectivity index (χ4n) is 2.42. The van der Waals surface area contributed by atoms with Crippen LogP contribution in [0.1, 0.15) is 11.4 Å². The van der Waals surface area contributed by atoms with Crippen LogP contribution in [0.15, 0.2) is 45.3 Å². The van der Waals surface area contributed by atoms with Crippen molar-refractivity contribution in [3.63, 3.8) is 0 Å². The predicted molar refractivity (Wildman–Crippen MR) is 95.6 cm³/mol. The third-order valence-electron chi connectivity index (χ3n) is 3.35. The van der Waals surface area contributed by atoms with Crippen molar-refractivity contribution in [3.05, 3.63) is 56.7 Å². The van der Waals surface area contributed by atoms with Crippen LogP contribution in [-0.4, -0.2) is 15.4 Å². The molecule has 0 radical (unpaired) electrons. The molecule has 0 atom stereocenters. The molecule has 0 unspecified atom stereocenters. The van der Waals surface area contributed by atoms with Crippen molar-refractivity contribution in [1.82, 2.24) is 9.55 Å². The first-order valence-corrected chi connectivity index (χ1v) is 8.71. The van der Waals surface area contributed by atoms with Gasteiger partial charge in [-0.25, -0.2) is 4.98 Å². The highest BCUT2D eigenvalue weighted by Crippen LogP contribution is 2.30. The number of halogens is 3. The van der Waals surface area contributed by atoms with Gasteiger partial charge >= 0.3 is 0 Å². The molecule has 3 aromatic rings. The van der Waals surface area contributed by atoms with Gasteiger partial charge in [-0.3, -0.25) is 4.57 Å². The zero-order chi connectivity index (χ0) is 15.0. The molecule has 1 aromatic heterocycles. The molecule has 0 aliphatic carbocycles. The minimum atomic E-state index is 0.552. The highest BCUT2D eigenvalue weighted by Gasteiger charge is 2.14. The highest BCUT2D eigenvalue weighted by molar-refractivity contribution is 9.11. The van der Waals surface area contributed by atoms with Gasteiger partial charge in [0.2, 0.25) is 0 Å². The topological polar surface area (TPSA) is 17.8 Å². The van der Waals surface area contributed by atoms with E-state index in [-0.39, 0.29) is 0 Å². The highest BCUT2D eigenvalue weighted by atomic mass is 79.9. The maximum absolute atomic E-state index is 5.95. The van der Waals surface area contributed by atoms with Crippen molar-refractivity contribution in [2.24, 2.45) is 0 Å². The standard InChI is InChI=1S/C16H13Br2ClN2/c1-10-2-4-15-13(8-10)20-16(6-7-19)21(15)14-5-3-11(17)9-12(14)18/h2-5,8-9H,6-7H2,1H3. The Morgan fingerprint density at radius 2 is 1.95 bits per heavy atom. The second-order valence-corrected chi connectivity index (χ2v) is 7.04. The van der Waals surface area contributed by atoms with Crippen molar-refractivity contribution in [2.45, 2.75) is 13.3 Å². The SMILES string of the molecule is Cc1ccc2c(c1)nc(CCCl)n2-c1ccc(Br)cc1Br. The van der Waals surface area contributed by atoms with Crippen LogP contribution in [-0.2, 0) is 6.42 Å². The summed E-state index contributed by atoms with van der Waals surface area (Å²) in [6, 6.07) is 12.5. The van der Waals surface area contributed by atoms with E-state index < -0.39 is 0 Å². The molecule has 2 aromatic carbocycles. The van der Waals surface area contributed by atoms with Crippen molar-refractivity contribution < 1.29 is 0 Å². The van der Waals surface area contributed by atoms with Crippen molar-refractivity contribution in [3.8, 4) is 5.69 Å². The molecule has 2 nitrogen and oxygen atoms in total. The number of benzene rings is 2. The molecular formula is C16H13Br2ClN2. The van der Waals surface area contributed by atoms with E-state index in [4.69, 9.17) is 16.6 Å². The molecule has 108 valence electrons. The molecule has 0 amide bonds. The fraction of sp³-hybridized carbons (Fsp3) is 0.188. The molecule has 0 aliphatic rings. The minimum Gasteiger partial charge on any atom is -0.295 e. The van der Waals surface area contributed by atoms with Gasteiger partial charge in [-0.1, -0.05) is 22.0 Å².